The van der Waals surface area contributed by atoms with Crippen LogP contribution in [-0.2, 0) is 0 Å². The number of hydrogen-bond acceptors (Lipinski definition) is 3. The van der Waals surface area contributed by atoms with Crippen molar-refractivity contribution in [3.8, 4) is 16.9 Å². The molecule has 0 radical (unpaired) electrons. The Kier molecular flexibility index (Phi) is 3.24. The fraction of sp³-hybridized carbons (Fsp3) is 0. The van der Waals surface area contributed by atoms with E-state index in [2.05, 4.69) is 34.5 Å². The van der Waals surface area contributed by atoms with Crippen molar-refractivity contribution in [3.05, 3.63) is 89.5 Å². The molecule has 3 nitrogen and oxygen atoms in total. The normalized spacial score (nSPS) is 12.3. The van der Waals surface area contributed by atoms with E-state index in [0.717, 1.165) is 22.4 Å². The van der Waals surface area contributed by atoms with Crippen LogP contribution < -0.4 is 0 Å². The number of benzene rings is 3. The first kappa shape index (κ1) is 13.5. The smallest absolute Gasteiger partial charge is 0.116 e. The fourth-order valence-corrected chi connectivity index (χ4v) is 2.86. The van der Waals surface area contributed by atoms with Gasteiger partial charge in [-0.1, -0.05) is 60.7 Å². The molecule has 0 bridgehead atoms. The van der Waals surface area contributed by atoms with Crippen molar-refractivity contribution >= 4 is 11.9 Å². The van der Waals surface area contributed by atoms with E-state index in [9.17, 15) is 5.11 Å². The lowest BCUT2D eigenvalue weighted by molar-refractivity contribution is 0.475. The first-order chi connectivity index (χ1) is 11.3. The summed E-state index contributed by atoms with van der Waals surface area (Å²) < 4.78 is 0. The van der Waals surface area contributed by atoms with Crippen LogP contribution in [-0.4, -0.2) is 17.0 Å². The molecule has 0 unspecified atom stereocenters. The molecule has 3 aromatic rings. The summed E-state index contributed by atoms with van der Waals surface area (Å²) in [5.41, 5.74) is 6.27. The Bertz CT molecular complexity index is 894. The second-order valence-corrected chi connectivity index (χ2v) is 5.38. The van der Waals surface area contributed by atoms with E-state index < -0.39 is 0 Å². The molecule has 1 N–H and O–H groups in total. The van der Waals surface area contributed by atoms with Gasteiger partial charge >= 0.3 is 0 Å². The predicted octanol–water partition coefficient (Wildman–Crippen LogP) is 4.24. The summed E-state index contributed by atoms with van der Waals surface area (Å²) in [6.45, 7) is 0. The second kappa shape index (κ2) is 5.54. The van der Waals surface area contributed by atoms with E-state index >= 15 is 0 Å². The van der Waals surface area contributed by atoms with Crippen LogP contribution >= 0.6 is 0 Å². The molecule has 0 heterocycles. The Morgan fingerprint density at radius 1 is 0.696 bits per heavy atom. The summed E-state index contributed by atoms with van der Waals surface area (Å²) in [5.74, 6) is 0.221. The molecular weight excluding hydrogens is 284 g/mol. The lowest BCUT2D eigenvalue weighted by Crippen LogP contribution is -1.97. The van der Waals surface area contributed by atoms with E-state index in [1.165, 1.54) is 11.1 Å². The lowest BCUT2D eigenvalue weighted by Gasteiger charge is -1.98. The largest absolute Gasteiger partial charge is 0.508 e. The highest BCUT2D eigenvalue weighted by atomic mass is 16.3. The molecule has 0 amide bonds. The Morgan fingerprint density at radius 3 is 1.91 bits per heavy atom. The molecule has 0 fully saturated rings. The zero-order valence-electron chi connectivity index (χ0n) is 12.3. The molecule has 0 aromatic heterocycles. The third-order valence-electron chi connectivity index (χ3n) is 3.89. The van der Waals surface area contributed by atoms with Gasteiger partial charge in [-0.2, -0.15) is 5.10 Å². The van der Waals surface area contributed by atoms with E-state index in [1.807, 2.05) is 30.3 Å². The average Bonchev–Trinajstić information content (AvgIpc) is 2.90. The van der Waals surface area contributed by atoms with Gasteiger partial charge in [-0.25, -0.2) is 0 Å². The highest BCUT2D eigenvalue weighted by Crippen LogP contribution is 2.36. The van der Waals surface area contributed by atoms with Gasteiger partial charge in [0, 0.05) is 11.1 Å². The third-order valence-corrected chi connectivity index (χ3v) is 3.89. The van der Waals surface area contributed by atoms with Crippen LogP contribution in [0.3, 0.4) is 0 Å². The topological polar surface area (TPSA) is 45.0 Å². The van der Waals surface area contributed by atoms with Gasteiger partial charge in [0.05, 0.1) is 6.21 Å². The molecule has 0 atom stereocenters. The van der Waals surface area contributed by atoms with Crippen LogP contribution in [0.25, 0.3) is 11.1 Å². The number of phenols is 1. The second-order valence-electron chi connectivity index (χ2n) is 5.38. The number of aromatic hydroxyl groups is 1. The predicted molar refractivity (Wildman–Crippen MR) is 93.2 cm³/mol. The molecule has 110 valence electrons. The SMILES string of the molecule is Oc1cccc(/C=N/N=C2c3ccccc3-c3ccccc32)c1. The van der Waals surface area contributed by atoms with Crippen molar-refractivity contribution in [1.29, 1.82) is 0 Å². The molecule has 0 aliphatic heterocycles. The standard InChI is InChI=1S/C20H14N2O/c23-15-7-5-6-14(12-15)13-21-22-20-18-10-3-1-8-16(18)17-9-2-4-11-19(17)20/h1-13,23H/b21-13+. The number of nitrogens with zero attached hydrogens (tertiary/aromatic N) is 2. The van der Waals surface area contributed by atoms with Crippen molar-refractivity contribution < 1.29 is 5.11 Å². The first-order valence-electron chi connectivity index (χ1n) is 7.42. The van der Waals surface area contributed by atoms with E-state index in [-0.39, 0.29) is 5.75 Å². The van der Waals surface area contributed by atoms with Gasteiger partial charge in [-0.05, 0) is 28.8 Å². The zero-order valence-corrected chi connectivity index (χ0v) is 12.3. The third kappa shape index (κ3) is 2.42. The maximum Gasteiger partial charge on any atom is 0.116 e. The highest BCUT2D eigenvalue weighted by molar-refractivity contribution is 6.24. The maximum absolute atomic E-state index is 9.49. The van der Waals surface area contributed by atoms with E-state index in [4.69, 9.17) is 0 Å². The number of phenolic OH excluding ortho intramolecular Hbond substituents is 1. The Balaban J connectivity index is 1.76. The summed E-state index contributed by atoms with van der Waals surface area (Å²) in [7, 11) is 0. The molecule has 3 aromatic carbocycles. The summed E-state index contributed by atoms with van der Waals surface area (Å²) in [5, 5.41) is 18.1. The summed E-state index contributed by atoms with van der Waals surface area (Å²) in [6, 6.07) is 23.4. The van der Waals surface area contributed by atoms with Crippen molar-refractivity contribution in [3.63, 3.8) is 0 Å². The van der Waals surface area contributed by atoms with Crippen LogP contribution in [0, 0.1) is 0 Å². The Morgan fingerprint density at radius 2 is 1.30 bits per heavy atom. The molecule has 1 aliphatic rings. The molecule has 1 aliphatic carbocycles. The summed E-state index contributed by atoms with van der Waals surface area (Å²) in [6.07, 6.45) is 1.65. The van der Waals surface area contributed by atoms with Crippen molar-refractivity contribution in [2.24, 2.45) is 10.2 Å². The molecule has 0 saturated heterocycles. The minimum Gasteiger partial charge on any atom is -0.508 e. The van der Waals surface area contributed by atoms with Crippen molar-refractivity contribution in [2.45, 2.75) is 0 Å². The van der Waals surface area contributed by atoms with Gasteiger partial charge in [0.15, 0.2) is 0 Å². The highest BCUT2D eigenvalue weighted by Gasteiger charge is 2.23. The minimum atomic E-state index is 0.221. The van der Waals surface area contributed by atoms with E-state index in [1.54, 1.807) is 24.4 Å². The molecule has 4 rings (SSSR count). The number of rotatable bonds is 2. The van der Waals surface area contributed by atoms with Gasteiger partial charge < -0.3 is 5.11 Å². The van der Waals surface area contributed by atoms with Crippen LogP contribution in [0.2, 0.25) is 0 Å². The molecule has 23 heavy (non-hydrogen) atoms. The van der Waals surface area contributed by atoms with Crippen LogP contribution in [0.1, 0.15) is 16.7 Å². The van der Waals surface area contributed by atoms with Crippen molar-refractivity contribution in [2.75, 3.05) is 0 Å². The van der Waals surface area contributed by atoms with Crippen molar-refractivity contribution in [1.82, 2.24) is 0 Å². The average molecular weight is 298 g/mol. The first-order valence-corrected chi connectivity index (χ1v) is 7.42. The fourth-order valence-electron chi connectivity index (χ4n) is 2.86. The zero-order chi connectivity index (χ0) is 15.6. The Labute approximate surface area is 134 Å². The summed E-state index contributed by atoms with van der Waals surface area (Å²) >= 11 is 0. The molecule has 3 heteroatoms. The monoisotopic (exact) mass is 298 g/mol. The number of fused-ring (bicyclic) bond motifs is 3. The van der Waals surface area contributed by atoms with Gasteiger partial charge in [0.2, 0.25) is 0 Å². The van der Waals surface area contributed by atoms with E-state index in [0.29, 0.717) is 0 Å². The quantitative estimate of drug-likeness (QED) is 0.436. The lowest BCUT2D eigenvalue weighted by atomic mass is 10.1. The van der Waals surface area contributed by atoms with Crippen LogP contribution in [0.4, 0.5) is 0 Å². The van der Waals surface area contributed by atoms with Gasteiger partial charge in [-0.3, -0.25) is 0 Å². The molecule has 0 saturated carbocycles. The minimum absolute atomic E-state index is 0.221. The van der Waals surface area contributed by atoms with Crippen LogP contribution in [0.15, 0.2) is 83.0 Å². The molecule has 0 spiro atoms. The van der Waals surface area contributed by atoms with Gasteiger partial charge in [-0.15, -0.1) is 5.10 Å². The molecular formula is C20H14N2O. The van der Waals surface area contributed by atoms with Gasteiger partial charge in [0.25, 0.3) is 0 Å². The maximum atomic E-state index is 9.49. The van der Waals surface area contributed by atoms with Crippen LogP contribution in [0.5, 0.6) is 5.75 Å². The van der Waals surface area contributed by atoms with Gasteiger partial charge in [0.1, 0.15) is 11.5 Å². The summed E-state index contributed by atoms with van der Waals surface area (Å²) in [4.78, 5) is 0. The number of hydrogen-bond donors (Lipinski definition) is 1. The Hall–Kier alpha value is -3.20.